The highest BCUT2D eigenvalue weighted by molar-refractivity contribution is 6.00. The number of rotatable bonds is 6. The van der Waals surface area contributed by atoms with Crippen molar-refractivity contribution in [3.8, 4) is 5.75 Å². The summed E-state index contributed by atoms with van der Waals surface area (Å²) in [6.07, 6.45) is 0. The number of carbonyl (C=O) groups excluding carboxylic acids is 1. The summed E-state index contributed by atoms with van der Waals surface area (Å²) >= 11 is 0. The highest BCUT2D eigenvalue weighted by Gasteiger charge is 2.34. The number of nitrogens with one attached hydrogen (secondary N) is 1. The zero-order chi connectivity index (χ0) is 13.0. The van der Waals surface area contributed by atoms with Crippen molar-refractivity contribution in [2.45, 2.75) is 6.92 Å². The van der Waals surface area contributed by atoms with Gasteiger partial charge in [-0.3, -0.25) is 4.79 Å². The van der Waals surface area contributed by atoms with E-state index in [4.69, 9.17) is 9.47 Å². The third kappa shape index (κ3) is 2.89. The van der Waals surface area contributed by atoms with E-state index in [0.717, 1.165) is 13.2 Å². The number of Topliss-reactive ketones (excluding diaryl/α,β-unsaturated/α-hetero) is 1. The molecule has 1 aliphatic rings. The average Bonchev–Trinajstić information content (AvgIpc) is 2.35. The van der Waals surface area contributed by atoms with Crippen LogP contribution in [0.3, 0.4) is 0 Å². The molecule has 1 saturated heterocycles. The van der Waals surface area contributed by atoms with Crippen LogP contribution in [-0.4, -0.2) is 39.2 Å². The molecule has 18 heavy (non-hydrogen) atoms. The van der Waals surface area contributed by atoms with E-state index in [2.05, 4.69) is 12.2 Å². The quantitative estimate of drug-likeness (QED) is 0.776. The van der Waals surface area contributed by atoms with Crippen LogP contribution >= 0.6 is 0 Å². The third-order valence-electron chi connectivity index (χ3n) is 3.00. The molecule has 0 saturated carbocycles. The minimum Gasteiger partial charge on any atom is -0.492 e. The van der Waals surface area contributed by atoms with E-state index >= 15 is 0 Å². The van der Waals surface area contributed by atoms with Crippen LogP contribution in [0.5, 0.6) is 5.75 Å². The molecular weight excluding hydrogens is 230 g/mol. The molecule has 0 amide bonds. The van der Waals surface area contributed by atoms with E-state index in [1.165, 1.54) is 0 Å². The molecular formula is C14H19NO3. The van der Waals surface area contributed by atoms with Crippen LogP contribution in [0.4, 0.5) is 0 Å². The molecule has 1 fully saturated rings. The van der Waals surface area contributed by atoms with Crippen molar-refractivity contribution in [3.63, 3.8) is 0 Å². The van der Waals surface area contributed by atoms with Gasteiger partial charge in [0.2, 0.25) is 0 Å². The monoisotopic (exact) mass is 249 g/mol. The Bertz CT molecular complexity index is 427. The van der Waals surface area contributed by atoms with E-state index in [9.17, 15) is 4.79 Å². The Morgan fingerprint density at radius 3 is 2.78 bits per heavy atom. The zero-order valence-corrected chi connectivity index (χ0v) is 10.9. The molecule has 0 unspecified atom stereocenters. The lowest BCUT2D eigenvalue weighted by Gasteiger charge is -2.37. The molecule has 1 aliphatic heterocycles. The molecule has 1 N–H and O–H groups in total. The van der Waals surface area contributed by atoms with Gasteiger partial charge in [-0.1, -0.05) is 19.1 Å². The summed E-state index contributed by atoms with van der Waals surface area (Å²) in [5.74, 6) is 0.703. The van der Waals surface area contributed by atoms with Crippen LogP contribution < -0.4 is 10.1 Å². The van der Waals surface area contributed by atoms with Gasteiger partial charge in [-0.25, -0.2) is 0 Å². The summed E-state index contributed by atoms with van der Waals surface area (Å²) in [5.41, 5.74) is 0.717. The van der Waals surface area contributed by atoms with E-state index < -0.39 is 0 Å². The second-order valence-electron chi connectivity index (χ2n) is 5.04. The van der Waals surface area contributed by atoms with Gasteiger partial charge in [-0.15, -0.1) is 0 Å². The van der Waals surface area contributed by atoms with Crippen LogP contribution in [-0.2, 0) is 4.74 Å². The standard InChI is InChI=1S/C14H19NO3/c1-14(8-17-9-14)10-18-13-6-4-3-5-11(13)12(16)7-15-2/h3-6,15H,7-10H2,1-2H3. The summed E-state index contributed by atoms with van der Waals surface area (Å²) < 4.78 is 11.0. The third-order valence-corrected chi connectivity index (χ3v) is 3.00. The molecule has 0 atom stereocenters. The maximum absolute atomic E-state index is 11.9. The van der Waals surface area contributed by atoms with E-state index in [1.54, 1.807) is 13.1 Å². The van der Waals surface area contributed by atoms with Gasteiger partial charge < -0.3 is 14.8 Å². The van der Waals surface area contributed by atoms with Crippen molar-refractivity contribution < 1.29 is 14.3 Å². The van der Waals surface area contributed by atoms with Crippen molar-refractivity contribution >= 4 is 5.78 Å². The minimum absolute atomic E-state index is 0.0445. The van der Waals surface area contributed by atoms with Gasteiger partial charge in [0.1, 0.15) is 5.75 Å². The summed E-state index contributed by atoms with van der Waals surface area (Å²) in [6.45, 7) is 4.46. The lowest BCUT2D eigenvalue weighted by atomic mass is 9.90. The molecule has 98 valence electrons. The maximum atomic E-state index is 11.9. The number of ketones is 1. The normalized spacial score (nSPS) is 17.0. The van der Waals surface area contributed by atoms with Crippen LogP contribution in [0.2, 0.25) is 0 Å². The number of hydrogen-bond acceptors (Lipinski definition) is 4. The lowest BCUT2D eigenvalue weighted by molar-refractivity contribution is -0.120. The molecule has 2 rings (SSSR count). The molecule has 0 bridgehead atoms. The van der Waals surface area contributed by atoms with Crippen molar-refractivity contribution in [1.29, 1.82) is 0 Å². The summed E-state index contributed by atoms with van der Waals surface area (Å²) in [5, 5.41) is 2.86. The number of ether oxygens (including phenoxy) is 2. The first-order chi connectivity index (χ1) is 8.64. The Kier molecular flexibility index (Phi) is 3.99. The molecule has 0 radical (unpaired) electrons. The Morgan fingerprint density at radius 2 is 2.17 bits per heavy atom. The van der Waals surface area contributed by atoms with Gasteiger partial charge in [0.15, 0.2) is 5.78 Å². The fourth-order valence-corrected chi connectivity index (χ4v) is 1.86. The first-order valence-electron chi connectivity index (χ1n) is 6.12. The fourth-order valence-electron chi connectivity index (χ4n) is 1.86. The van der Waals surface area contributed by atoms with Crippen LogP contribution in [0.15, 0.2) is 24.3 Å². The maximum Gasteiger partial charge on any atom is 0.180 e. The molecule has 1 heterocycles. The lowest BCUT2D eigenvalue weighted by Crippen LogP contribution is -2.44. The molecule has 0 aromatic heterocycles. The smallest absolute Gasteiger partial charge is 0.180 e. The van der Waals surface area contributed by atoms with Gasteiger partial charge >= 0.3 is 0 Å². The molecule has 1 aromatic carbocycles. The van der Waals surface area contributed by atoms with Gasteiger partial charge in [-0.2, -0.15) is 0 Å². The van der Waals surface area contributed by atoms with Crippen molar-refractivity contribution in [2.24, 2.45) is 5.41 Å². The fraction of sp³-hybridized carbons (Fsp3) is 0.500. The summed E-state index contributed by atoms with van der Waals surface area (Å²) in [7, 11) is 1.76. The molecule has 4 nitrogen and oxygen atoms in total. The SMILES string of the molecule is CNCC(=O)c1ccccc1OCC1(C)COC1. The number of likely N-dealkylation sites (N-methyl/N-ethyl adjacent to an activating group) is 1. The molecule has 1 aromatic rings. The molecule has 0 spiro atoms. The number of hydrogen-bond donors (Lipinski definition) is 1. The van der Waals surface area contributed by atoms with Gasteiger partial charge in [0, 0.05) is 5.41 Å². The van der Waals surface area contributed by atoms with Crippen molar-refractivity contribution in [1.82, 2.24) is 5.32 Å². The highest BCUT2D eigenvalue weighted by atomic mass is 16.5. The highest BCUT2D eigenvalue weighted by Crippen LogP contribution is 2.28. The largest absolute Gasteiger partial charge is 0.492 e. The summed E-state index contributed by atoms with van der Waals surface area (Å²) in [6, 6.07) is 7.37. The van der Waals surface area contributed by atoms with Crippen molar-refractivity contribution in [2.75, 3.05) is 33.4 Å². The number of para-hydroxylation sites is 1. The van der Waals surface area contributed by atoms with E-state index in [1.807, 2.05) is 18.2 Å². The van der Waals surface area contributed by atoms with Gasteiger partial charge in [-0.05, 0) is 19.2 Å². The predicted octanol–water partition coefficient (Wildman–Crippen LogP) is 1.50. The van der Waals surface area contributed by atoms with Crippen molar-refractivity contribution in [3.05, 3.63) is 29.8 Å². The second-order valence-corrected chi connectivity index (χ2v) is 5.04. The van der Waals surface area contributed by atoms with Crippen LogP contribution in [0.1, 0.15) is 17.3 Å². The van der Waals surface area contributed by atoms with E-state index in [0.29, 0.717) is 24.5 Å². The molecule has 4 heteroatoms. The summed E-state index contributed by atoms with van der Waals surface area (Å²) in [4.78, 5) is 11.9. The zero-order valence-electron chi connectivity index (χ0n) is 10.9. The number of benzene rings is 1. The minimum atomic E-state index is 0.0445. The van der Waals surface area contributed by atoms with Gasteiger partial charge in [0.05, 0.1) is 31.9 Å². The Hall–Kier alpha value is -1.39. The van der Waals surface area contributed by atoms with Crippen LogP contribution in [0, 0.1) is 5.41 Å². The predicted molar refractivity (Wildman–Crippen MR) is 69.1 cm³/mol. The second kappa shape index (κ2) is 5.50. The van der Waals surface area contributed by atoms with Crippen LogP contribution in [0.25, 0.3) is 0 Å². The first-order valence-corrected chi connectivity index (χ1v) is 6.12. The average molecular weight is 249 g/mol. The Balaban J connectivity index is 2.05. The van der Waals surface area contributed by atoms with Gasteiger partial charge in [0.25, 0.3) is 0 Å². The van der Waals surface area contributed by atoms with E-state index in [-0.39, 0.29) is 11.2 Å². The first kappa shape index (κ1) is 13.1. The number of carbonyl (C=O) groups is 1. The Labute approximate surface area is 107 Å². The molecule has 0 aliphatic carbocycles. The Morgan fingerprint density at radius 1 is 1.44 bits per heavy atom. The topological polar surface area (TPSA) is 47.6 Å².